The van der Waals surface area contributed by atoms with E-state index in [9.17, 15) is 4.21 Å². The number of nitrogens with one attached hydrogen (secondary N) is 1. The Balaban J connectivity index is 2.07. The van der Waals surface area contributed by atoms with Crippen molar-refractivity contribution in [2.24, 2.45) is 5.92 Å². The fourth-order valence-corrected chi connectivity index (χ4v) is 3.29. The van der Waals surface area contributed by atoms with Crippen molar-refractivity contribution in [1.82, 2.24) is 15.3 Å². The quantitative estimate of drug-likeness (QED) is 0.793. The lowest BCUT2D eigenvalue weighted by atomic mass is 10.2. The van der Waals surface area contributed by atoms with Crippen LogP contribution in [0.15, 0.2) is 11.2 Å². The van der Waals surface area contributed by atoms with Crippen LogP contribution in [0.1, 0.15) is 17.8 Å². The van der Waals surface area contributed by atoms with Gasteiger partial charge in [-0.15, -0.1) is 0 Å². The Kier molecular flexibility index (Phi) is 3.66. The molecule has 2 rings (SSSR count). The third-order valence-corrected chi connectivity index (χ3v) is 4.08. The molecule has 0 saturated carbocycles. The van der Waals surface area contributed by atoms with Gasteiger partial charge in [-0.2, -0.15) is 0 Å². The van der Waals surface area contributed by atoms with Gasteiger partial charge in [-0.05, 0) is 45.3 Å². The molecule has 1 aromatic heterocycles. The Morgan fingerprint density at radius 1 is 1.44 bits per heavy atom. The van der Waals surface area contributed by atoms with Crippen molar-refractivity contribution in [3.05, 3.63) is 17.5 Å². The highest BCUT2D eigenvalue weighted by atomic mass is 32.2. The largest absolute Gasteiger partial charge is 0.316 e. The van der Waals surface area contributed by atoms with Crippen molar-refractivity contribution in [3.63, 3.8) is 0 Å². The van der Waals surface area contributed by atoms with Gasteiger partial charge in [0, 0.05) is 17.1 Å². The first-order valence-corrected chi connectivity index (χ1v) is 6.88. The summed E-state index contributed by atoms with van der Waals surface area (Å²) in [6, 6.07) is 1.90. The molecule has 1 N–H and O–H groups in total. The highest BCUT2D eigenvalue weighted by Crippen LogP contribution is 2.12. The standard InChI is InChI=1S/C11H17N3OS/c1-8-5-9(2)14-11(13-8)16(15)7-10-3-4-12-6-10/h5,10,12H,3-4,6-7H2,1-2H3/t10-,16+/m1/s1. The molecule has 2 atom stereocenters. The van der Waals surface area contributed by atoms with Crippen molar-refractivity contribution in [2.75, 3.05) is 18.8 Å². The van der Waals surface area contributed by atoms with Gasteiger partial charge >= 0.3 is 0 Å². The predicted octanol–water partition coefficient (Wildman–Crippen LogP) is 0.811. The van der Waals surface area contributed by atoms with Crippen LogP contribution >= 0.6 is 0 Å². The van der Waals surface area contributed by atoms with E-state index < -0.39 is 10.8 Å². The first-order chi connectivity index (χ1) is 7.65. The number of hydrogen-bond acceptors (Lipinski definition) is 4. The zero-order chi connectivity index (χ0) is 11.5. The number of nitrogens with zero attached hydrogens (tertiary/aromatic N) is 2. The summed E-state index contributed by atoms with van der Waals surface area (Å²) < 4.78 is 12.1. The minimum atomic E-state index is -1.06. The van der Waals surface area contributed by atoms with Crippen LogP contribution in [0.3, 0.4) is 0 Å². The second-order valence-corrected chi connectivity index (χ2v) is 5.69. The minimum Gasteiger partial charge on any atom is -0.316 e. The van der Waals surface area contributed by atoms with Crippen LogP contribution in [-0.4, -0.2) is 33.0 Å². The molecule has 0 unspecified atom stereocenters. The number of hydrogen-bond donors (Lipinski definition) is 1. The summed E-state index contributed by atoms with van der Waals surface area (Å²) in [4.78, 5) is 8.49. The maximum Gasteiger partial charge on any atom is 0.218 e. The van der Waals surface area contributed by atoms with Crippen molar-refractivity contribution >= 4 is 10.8 Å². The monoisotopic (exact) mass is 239 g/mol. The molecule has 2 heterocycles. The van der Waals surface area contributed by atoms with Gasteiger partial charge in [-0.3, -0.25) is 4.21 Å². The highest BCUT2D eigenvalue weighted by molar-refractivity contribution is 7.84. The Morgan fingerprint density at radius 2 is 2.12 bits per heavy atom. The normalized spacial score (nSPS) is 22.2. The minimum absolute atomic E-state index is 0.490. The van der Waals surface area contributed by atoms with E-state index in [4.69, 9.17) is 0 Å². The van der Waals surface area contributed by atoms with Crippen molar-refractivity contribution < 1.29 is 4.21 Å². The second-order valence-electron chi connectivity index (χ2n) is 4.30. The van der Waals surface area contributed by atoms with Gasteiger partial charge in [0.25, 0.3) is 0 Å². The SMILES string of the molecule is Cc1cc(C)nc([S@@](=O)C[C@@H]2CCNC2)n1. The van der Waals surface area contributed by atoms with E-state index in [-0.39, 0.29) is 0 Å². The molecule has 88 valence electrons. The molecule has 0 spiro atoms. The average Bonchev–Trinajstić information content (AvgIpc) is 2.68. The van der Waals surface area contributed by atoms with E-state index in [1.165, 1.54) is 0 Å². The fraction of sp³-hybridized carbons (Fsp3) is 0.636. The van der Waals surface area contributed by atoms with E-state index >= 15 is 0 Å². The maximum atomic E-state index is 12.1. The predicted molar refractivity (Wildman–Crippen MR) is 63.8 cm³/mol. The van der Waals surface area contributed by atoms with Gasteiger partial charge in [0.2, 0.25) is 5.16 Å². The number of aromatic nitrogens is 2. The summed E-state index contributed by atoms with van der Waals surface area (Å²) in [6.07, 6.45) is 1.11. The van der Waals surface area contributed by atoms with Crippen LogP contribution in [0.25, 0.3) is 0 Å². The molecule has 1 aliphatic rings. The highest BCUT2D eigenvalue weighted by Gasteiger charge is 2.19. The molecule has 0 aliphatic carbocycles. The van der Waals surface area contributed by atoms with E-state index in [0.717, 1.165) is 30.9 Å². The van der Waals surface area contributed by atoms with E-state index in [1.807, 2.05) is 19.9 Å². The van der Waals surface area contributed by atoms with E-state index in [0.29, 0.717) is 16.8 Å². The van der Waals surface area contributed by atoms with Gasteiger partial charge < -0.3 is 5.32 Å². The molecule has 1 fully saturated rings. The van der Waals surface area contributed by atoms with Crippen molar-refractivity contribution in [2.45, 2.75) is 25.4 Å². The van der Waals surface area contributed by atoms with E-state index in [2.05, 4.69) is 15.3 Å². The molecular formula is C11H17N3OS. The molecule has 16 heavy (non-hydrogen) atoms. The molecule has 0 aromatic carbocycles. The molecule has 0 amide bonds. The maximum absolute atomic E-state index is 12.1. The number of aryl methyl sites for hydroxylation is 2. The molecule has 1 aromatic rings. The summed E-state index contributed by atoms with van der Waals surface area (Å²) in [6.45, 7) is 5.82. The Morgan fingerprint density at radius 3 is 2.69 bits per heavy atom. The Bertz CT molecular complexity index is 382. The summed E-state index contributed by atoms with van der Waals surface area (Å²) in [5.41, 5.74) is 1.78. The lowest BCUT2D eigenvalue weighted by Crippen LogP contribution is -2.16. The van der Waals surface area contributed by atoms with Gasteiger partial charge in [-0.1, -0.05) is 0 Å². The summed E-state index contributed by atoms with van der Waals surface area (Å²) >= 11 is 0. The van der Waals surface area contributed by atoms with Crippen molar-refractivity contribution in [1.29, 1.82) is 0 Å². The second kappa shape index (κ2) is 5.01. The van der Waals surface area contributed by atoms with Gasteiger partial charge in [0.05, 0.1) is 10.8 Å². The third-order valence-electron chi connectivity index (χ3n) is 2.71. The zero-order valence-electron chi connectivity index (χ0n) is 9.69. The topological polar surface area (TPSA) is 54.9 Å². The Labute approximate surface area is 98.3 Å². The first kappa shape index (κ1) is 11.7. The molecular weight excluding hydrogens is 222 g/mol. The molecule has 4 nitrogen and oxygen atoms in total. The van der Waals surface area contributed by atoms with Crippen LogP contribution in [0.2, 0.25) is 0 Å². The average molecular weight is 239 g/mol. The van der Waals surface area contributed by atoms with Crippen LogP contribution < -0.4 is 5.32 Å². The Hall–Kier alpha value is -0.810. The first-order valence-electron chi connectivity index (χ1n) is 5.56. The van der Waals surface area contributed by atoms with Gasteiger partial charge in [0.15, 0.2) is 0 Å². The van der Waals surface area contributed by atoms with Crippen LogP contribution in [0.4, 0.5) is 0 Å². The third kappa shape index (κ3) is 2.86. The molecule has 1 saturated heterocycles. The molecule has 1 aliphatic heterocycles. The molecule has 0 bridgehead atoms. The lowest BCUT2D eigenvalue weighted by molar-refractivity contribution is 0.627. The van der Waals surface area contributed by atoms with Gasteiger partial charge in [-0.25, -0.2) is 9.97 Å². The van der Waals surface area contributed by atoms with Crippen molar-refractivity contribution in [3.8, 4) is 0 Å². The summed E-state index contributed by atoms with van der Waals surface area (Å²) in [5.74, 6) is 1.18. The molecule has 5 heteroatoms. The molecule has 0 radical (unpaired) electrons. The zero-order valence-corrected chi connectivity index (χ0v) is 10.5. The fourth-order valence-electron chi connectivity index (χ4n) is 1.94. The van der Waals surface area contributed by atoms with Crippen LogP contribution in [0.5, 0.6) is 0 Å². The number of rotatable bonds is 3. The summed E-state index contributed by atoms with van der Waals surface area (Å²) in [7, 11) is -1.06. The summed E-state index contributed by atoms with van der Waals surface area (Å²) in [5, 5.41) is 3.77. The van der Waals surface area contributed by atoms with E-state index in [1.54, 1.807) is 0 Å². The van der Waals surface area contributed by atoms with Gasteiger partial charge in [0.1, 0.15) is 0 Å². The van der Waals surface area contributed by atoms with Crippen LogP contribution in [-0.2, 0) is 10.8 Å². The van der Waals surface area contributed by atoms with Crippen LogP contribution in [0, 0.1) is 19.8 Å². The smallest absolute Gasteiger partial charge is 0.218 e. The lowest BCUT2D eigenvalue weighted by Gasteiger charge is -2.07.